The zero-order chi connectivity index (χ0) is 22.2. The fourth-order valence-electron chi connectivity index (χ4n) is 3.39. The molecule has 0 unspecified atom stereocenters. The van der Waals surface area contributed by atoms with Crippen LogP contribution in [0.5, 0.6) is 0 Å². The predicted molar refractivity (Wildman–Crippen MR) is 135 cm³/mol. The van der Waals surface area contributed by atoms with Crippen molar-refractivity contribution in [1.82, 2.24) is 0 Å². The minimum Gasteiger partial charge on any atom is -0.396 e. The minimum atomic E-state index is -1.84. The first kappa shape index (κ1) is 24.1. The van der Waals surface area contributed by atoms with Gasteiger partial charge in [-0.25, -0.2) is 0 Å². The Kier molecular flexibility index (Phi) is 9.23. The second-order valence-electron chi connectivity index (χ2n) is 7.55. The SMILES string of the molecule is C[C](C)=[Zr]([Cl])[Cl].OCCc1cc2ccccc2[cH-]1.c1ccc2c(c1)[cH-]c1ccccc12. The summed E-state index contributed by atoms with van der Waals surface area (Å²) < 4.78 is 1.24. The van der Waals surface area contributed by atoms with Gasteiger partial charge in [0.2, 0.25) is 0 Å². The molecule has 1 N–H and O–H groups in total. The molecule has 0 fully saturated rings. The molecule has 5 aromatic carbocycles. The average Bonchev–Trinajstić information content (AvgIpc) is 3.35. The van der Waals surface area contributed by atoms with E-state index in [0.29, 0.717) is 0 Å². The number of fused-ring (bicyclic) bond motifs is 4. The van der Waals surface area contributed by atoms with E-state index in [9.17, 15) is 0 Å². The molecule has 0 amide bonds. The molecule has 5 aromatic rings. The van der Waals surface area contributed by atoms with Crippen molar-refractivity contribution < 1.29 is 24.0 Å². The van der Waals surface area contributed by atoms with E-state index in [4.69, 9.17) is 22.1 Å². The van der Waals surface area contributed by atoms with E-state index in [-0.39, 0.29) is 6.61 Å². The molecule has 0 spiro atoms. The van der Waals surface area contributed by atoms with Crippen LogP contribution in [0.3, 0.4) is 0 Å². The first-order chi connectivity index (χ1) is 15.0. The van der Waals surface area contributed by atoms with Gasteiger partial charge in [0.15, 0.2) is 0 Å². The molecule has 0 saturated carbocycles. The van der Waals surface area contributed by atoms with E-state index >= 15 is 0 Å². The van der Waals surface area contributed by atoms with Gasteiger partial charge in [0.1, 0.15) is 0 Å². The van der Waals surface area contributed by atoms with E-state index in [1.165, 1.54) is 41.1 Å². The summed E-state index contributed by atoms with van der Waals surface area (Å²) in [6, 6.07) is 31.8. The van der Waals surface area contributed by atoms with Crippen LogP contribution in [0.2, 0.25) is 0 Å². The summed E-state index contributed by atoms with van der Waals surface area (Å²) in [6.45, 7) is 4.19. The number of halogens is 2. The molecule has 31 heavy (non-hydrogen) atoms. The first-order valence-corrected chi connectivity index (χ1v) is 17.8. The average molecular weight is 529 g/mol. The van der Waals surface area contributed by atoms with Crippen molar-refractivity contribution in [3.05, 3.63) is 96.6 Å². The van der Waals surface area contributed by atoms with Crippen LogP contribution in [-0.2, 0) is 25.3 Å². The Balaban J connectivity index is 0.000000142. The number of aliphatic hydroxyl groups excluding tert-OH is 1. The Morgan fingerprint density at radius 1 is 0.774 bits per heavy atom. The third kappa shape index (κ3) is 6.70. The summed E-state index contributed by atoms with van der Waals surface area (Å²) in [5.74, 6) is 0. The van der Waals surface area contributed by atoms with Gasteiger partial charge in [-0.3, -0.25) is 0 Å². The van der Waals surface area contributed by atoms with Gasteiger partial charge in [-0.15, -0.1) is 80.3 Å². The summed E-state index contributed by atoms with van der Waals surface area (Å²) in [6.07, 6.45) is 0.759. The van der Waals surface area contributed by atoms with E-state index in [0.717, 1.165) is 6.42 Å². The van der Waals surface area contributed by atoms with Crippen LogP contribution < -0.4 is 0 Å². The molecule has 0 aliphatic heterocycles. The van der Waals surface area contributed by atoms with Crippen LogP contribution in [0.25, 0.3) is 32.3 Å². The molecule has 0 heterocycles. The van der Waals surface area contributed by atoms with E-state index < -0.39 is 18.9 Å². The van der Waals surface area contributed by atoms with Gasteiger partial charge >= 0.3 is 53.0 Å². The summed E-state index contributed by atoms with van der Waals surface area (Å²) >= 11 is -1.84. The fourth-order valence-corrected chi connectivity index (χ4v) is 3.39. The maximum absolute atomic E-state index is 8.74. The summed E-state index contributed by atoms with van der Waals surface area (Å²) in [4.78, 5) is 0. The predicted octanol–water partition coefficient (Wildman–Crippen LogP) is 7.93. The van der Waals surface area contributed by atoms with E-state index in [1.54, 1.807) is 0 Å². The third-order valence-electron chi connectivity index (χ3n) is 4.98. The molecule has 0 aliphatic rings. The normalized spacial score (nSPS) is 10.4. The molecule has 0 saturated heterocycles. The van der Waals surface area contributed by atoms with Crippen LogP contribution >= 0.6 is 17.0 Å². The zero-order valence-corrected chi connectivity index (χ0v) is 21.7. The second kappa shape index (κ2) is 11.9. The van der Waals surface area contributed by atoms with Gasteiger partial charge in [0.05, 0.1) is 0 Å². The number of hydrogen-bond acceptors (Lipinski definition) is 1. The molecular formula is C27H26Cl2OZr-2. The van der Waals surface area contributed by atoms with Crippen molar-refractivity contribution in [3.63, 3.8) is 0 Å². The molecular weight excluding hydrogens is 502 g/mol. The van der Waals surface area contributed by atoms with Crippen molar-refractivity contribution >= 4 is 52.5 Å². The Labute approximate surface area is 198 Å². The Morgan fingerprint density at radius 3 is 1.74 bits per heavy atom. The van der Waals surface area contributed by atoms with Gasteiger partial charge in [-0.05, 0) is 6.42 Å². The zero-order valence-electron chi connectivity index (χ0n) is 17.8. The summed E-state index contributed by atoms with van der Waals surface area (Å²) in [5.41, 5.74) is 1.22. The third-order valence-corrected chi connectivity index (χ3v) is 11.3. The molecule has 0 aromatic heterocycles. The van der Waals surface area contributed by atoms with E-state index in [2.05, 4.69) is 78.9 Å². The minimum absolute atomic E-state index is 0.232. The van der Waals surface area contributed by atoms with Gasteiger partial charge in [0.25, 0.3) is 0 Å². The van der Waals surface area contributed by atoms with Crippen LogP contribution in [0.4, 0.5) is 0 Å². The smallest absolute Gasteiger partial charge is 0.0455 e. The molecule has 160 valence electrons. The van der Waals surface area contributed by atoms with Gasteiger partial charge in [0, 0.05) is 6.61 Å². The number of aliphatic hydroxyl groups is 1. The van der Waals surface area contributed by atoms with Crippen LogP contribution in [0.15, 0.2) is 91.0 Å². The van der Waals surface area contributed by atoms with Gasteiger partial charge in [-0.2, -0.15) is 6.07 Å². The van der Waals surface area contributed by atoms with Crippen LogP contribution in [-0.4, -0.2) is 14.9 Å². The van der Waals surface area contributed by atoms with Crippen molar-refractivity contribution in [2.24, 2.45) is 0 Å². The molecule has 4 heteroatoms. The molecule has 0 aliphatic carbocycles. The number of hydrogen-bond donors (Lipinski definition) is 1. The maximum atomic E-state index is 8.74. The molecule has 0 bridgehead atoms. The number of benzene rings is 3. The maximum Gasteiger partial charge on any atom is 0.0455 e. The van der Waals surface area contributed by atoms with Crippen molar-refractivity contribution in [2.75, 3.05) is 6.61 Å². The van der Waals surface area contributed by atoms with Crippen LogP contribution in [0, 0.1) is 0 Å². The topological polar surface area (TPSA) is 20.2 Å². The molecule has 0 radical (unpaired) electrons. The standard InChI is InChI=1S/C13H9.C11H11O.C3H6.2ClH.Zr/c1-3-7-12-10(5-1)9-11-6-2-4-8-13(11)12;12-6-5-9-7-10-3-1-2-4-11(10)8-9;1-3-2;;;/h1-9H;1-4,7-8,12H,5-6H2;1-2H3;2*1H;/q2*-1;;;;+2/p-2. The largest absolute Gasteiger partial charge is 0.396 e. The molecule has 5 rings (SSSR count). The molecule has 0 atom stereocenters. The Morgan fingerprint density at radius 2 is 1.26 bits per heavy atom. The van der Waals surface area contributed by atoms with Crippen LogP contribution in [0.1, 0.15) is 19.4 Å². The quantitative estimate of drug-likeness (QED) is 0.231. The van der Waals surface area contributed by atoms with Gasteiger partial charge < -0.3 is 5.11 Å². The second-order valence-corrected chi connectivity index (χ2v) is 16.9. The van der Waals surface area contributed by atoms with Crippen molar-refractivity contribution in [1.29, 1.82) is 0 Å². The van der Waals surface area contributed by atoms with Gasteiger partial charge in [-0.1, -0.05) is 42.5 Å². The Hall–Kier alpha value is -1.57. The monoisotopic (exact) mass is 526 g/mol. The Bertz CT molecular complexity index is 1200. The van der Waals surface area contributed by atoms with Crippen molar-refractivity contribution in [3.8, 4) is 0 Å². The summed E-state index contributed by atoms with van der Waals surface area (Å²) in [5, 5.41) is 16.7. The first-order valence-electron chi connectivity index (χ1n) is 10.3. The van der Waals surface area contributed by atoms with E-state index in [1.807, 2.05) is 26.0 Å². The molecule has 1 nitrogen and oxygen atoms in total. The number of rotatable bonds is 2. The fraction of sp³-hybridized carbons (Fsp3) is 0.148. The van der Waals surface area contributed by atoms with Crippen molar-refractivity contribution in [2.45, 2.75) is 20.3 Å². The summed E-state index contributed by atoms with van der Waals surface area (Å²) in [7, 11) is 11.1.